The molecule has 2 rings (SSSR count). The fraction of sp³-hybridized carbons (Fsp3) is 0.750. The van der Waals surface area contributed by atoms with Crippen molar-refractivity contribution in [2.24, 2.45) is 17.8 Å². The zero-order valence-corrected chi connectivity index (χ0v) is 13.7. The number of imide groups is 1. The molecule has 128 valence electrons. The van der Waals surface area contributed by atoms with Crippen molar-refractivity contribution in [2.45, 2.75) is 39.5 Å². The zero-order chi connectivity index (χ0) is 17.0. The Morgan fingerprint density at radius 3 is 2.26 bits per heavy atom. The molecule has 1 aliphatic heterocycles. The molecule has 2 aliphatic rings. The number of carbonyl (C=O) groups excluding carboxylic acids is 4. The predicted molar refractivity (Wildman–Crippen MR) is 81.0 cm³/mol. The Hall–Kier alpha value is -1.92. The summed E-state index contributed by atoms with van der Waals surface area (Å²) in [5.74, 6) is -1.93. The second-order valence-electron chi connectivity index (χ2n) is 6.62. The Balaban J connectivity index is 1.80. The maximum absolute atomic E-state index is 12.2. The molecular weight excluding hydrogens is 300 g/mol. The number of ether oxygens (including phenoxy) is 1. The Morgan fingerprint density at radius 2 is 1.74 bits per heavy atom. The number of nitrogens with zero attached hydrogens (tertiary/aromatic N) is 1. The molecule has 1 N–H and O–H groups in total. The van der Waals surface area contributed by atoms with Gasteiger partial charge in [0.05, 0.1) is 11.8 Å². The van der Waals surface area contributed by atoms with Gasteiger partial charge in [-0.25, -0.2) is 0 Å². The van der Waals surface area contributed by atoms with E-state index in [1.54, 1.807) is 0 Å². The minimum absolute atomic E-state index is 0.277. The maximum Gasteiger partial charge on any atom is 0.326 e. The largest absolute Gasteiger partial charge is 0.454 e. The lowest BCUT2D eigenvalue weighted by atomic mass is 9.81. The number of rotatable bonds is 6. The van der Waals surface area contributed by atoms with E-state index in [0.29, 0.717) is 25.3 Å². The van der Waals surface area contributed by atoms with Gasteiger partial charge in [0.2, 0.25) is 11.8 Å². The van der Waals surface area contributed by atoms with Crippen LogP contribution in [0.5, 0.6) is 0 Å². The molecule has 3 amide bonds. The van der Waals surface area contributed by atoms with E-state index in [1.807, 2.05) is 13.8 Å². The first-order valence-corrected chi connectivity index (χ1v) is 8.17. The van der Waals surface area contributed by atoms with E-state index >= 15 is 0 Å². The van der Waals surface area contributed by atoms with Crippen molar-refractivity contribution in [3.8, 4) is 0 Å². The predicted octanol–water partition coefficient (Wildman–Crippen LogP) is 0.477. The number of fused-ring (bicyclic) bond motifs is 1. The van der Waals surface area contributed by atoms with Gasteiger partial charge in [0.1, 0.15) is 6.54 Å². The highest BCUT2D eigenvalue weighted by atomic mass is 16.5. The van der Waals surface area contributed by atoms with Gasteiger partial charge in [0, 0.05) is 6.54 Å². The van der Waals surface area contributed by atoms with E-state index in [1.165, 1.54) is 0 Å². The molecule has 0 unspecified atom stereocenters. The first-order chi connectivity index (χ1) is 10.9. The molecule has 1 heterocycles. The third-order valence-electron chi connectivity index (χ3n) is 4.29. The average Bonchev–Trinajstić information content (AvgIpc) is 2.76. The van der Waals surface area contributed by atoms with Gasteiger partial charge < -0.3 is 10.1 Å². The van der Waals surface area contributed by atoms with Crippen LogP contribution in [0.2, 0.25) is 0 Å². The Bertz CT molecular complexity index is 479. The molecule has 0 aromatic carbocycles. The second kappa shape index (κ2) is 7.57. The molecule has 0 aromatic rings. The monoisotopic (exact) mass is 324 g/mol. The summed E-state index contributed by atoms with van der Waals surface area (Å²) in [5.41, 5.74) is 0. The van der Waals surface area contributed by atoms with Crippen LogP contribution in [0.1, 0.15) is 39.5 Å². The van der Waals surface area contributed by atoms with E-state index in [0.717, 1.165) is 17.7 Å². The molecule has 1 aliphatic carbocycles. The minimum Gasteiger partial charge on any atom is -0.454 e. The van der Waals surface area contributed by atoms with Crippen molar-refractivity contribution in [3.05, 3.63) is 0 Å². The molecule has 7 nitrogen and oxygen atoms in total. The molecule has 0 spiro atoms. The molecule has 2 atom stereocenters. The van der Waals surface area contributed by atoms with E-state index in [-0.39, 0.29) is 29.6 Å². The lowest BCUT2D eigenvalue weighted by Crippen LogP contribution is -2.38. The molecule has 1 saturated carbocycles. The van der Waals surface area contributed by atoms with Crippen molar-refractivity contribution in [2.75, 3.05) is 19.7 Å². The molecule has 7 heteroatoms. The molecule has 1 saturated heterocycles. The third-order valence-corrected chi connectivity index (χ3v) is 4.29. The minimum atomic E-state index is -0.731. The smallest absolute Gasteiger partial charge is 0.326 e. The van der Waals surface area contributed by atoms with E-state index < -0.39 is 19.1 Å². The highest BCUT2D eigenvalue weighted by molar-refractivity contribution is 6.07. The summed E-state index contributed by atoms with van der Waals surface area (Å²) in [6.07, 6.45) is 3.29. The van der Waals surface area contributed by atoms with Crippen LogP contribution in [0.15, 0.2) is 0 Å². The quantitative estimate of drug-likeness (QED) is 0.566. The maximum atomic E-state index is 12.2. The highest BCUT2D eigenvalue weighted by Crippen LogP contribution is 2.37. The van der Waals surface area contributed by atoms with Crippen LogP contribution in [0.4, 0.5) is 0 Å². The Labute approximate surface area is 135 Å². The van der Waals surface area contributed by atoms with E-state index in [4.69, 9.17) is 4.74 Å². The van der Waals surface area contributed by atoms with Crippen molar-refractivity contribution < 1.29 is 23.9 Å². The van der Waals surface area contributed by atoms with Crippen LogP contribution in [0, 0.1) is 17.8 Å². The number of nitrogens with one attached hydrogen (secondary N) is 1. The topological polar surface area (TPSA) is 92.8 Å². The standard InChI is InChI=1S/C16H24N2O5/c1-10(2)7-17-13(19)9-23-14(20)8-18-15(21)11-5-3-4-6-12(11)16(18)22/h10-12H,3-9H2,1-2H3,(H,17,19)/t11-,12-/m1/s1. The first-order valence-electron chi connectivity index (χ1n) is 8.17. The fourth-order valence-electron chi connectivity index (χ4n) is 3.08. The number of esters is 1. The summed E-state index contributed by atoms with van der Waals surface area (Å²) in [4.78, 5) is 48.7. The van der Waals surface area contributed by atoms with E-state index in [2.05, 4.69) is 5.32 Å². The van der Waals surface area contributed by atoms with E-state index in [9.17, 15) is 19.2 Å². The SMILES string of the molecule is CC(C)CNC(=O)COC(=O)CN1C(=O)[C@@H]2CCCC[C@H]2C1=O. The molecular formula is C16H24N2O5. The second-order valence-corrected chi connectivity index (χ2v) is 6.62. The van der Waals surface area contributed by atoms with Gasteiger partial charge in [-0.15, -0.1) is 0 Å². The normalized spacial score (nSPS) is 23.9. The van der Waals surface area contributed by atoms with Gasteiger partial charge in [-0.3, -0.25) is 24.1 Å². The number of hydrogen-bond donors (Lipinski definition) is 1. The summed E-state index contributed by atoms with van der Waals surface area (Å²) in [5, 5.41) is 2.63. The third kappa shape index (κ3) is 4.30. The van der Waals surface area contributed by atoms with Crippen LogP contribution in [0.25, 0.3) is 0 Å². The lowest BCUT2D eigenvalue weighted by molar-refractivity contribution is -0.154. The van der Waals surface area contributed by atoms with Gasteiger partial charge in [-0.05, 0) is 18.8 Å². The van der Waals surface area contributed by atoms with Crippen LogP contribution < -0.4 is 5.32 Å². The molecule has 2 fully saturated rings. The van der Waals surface area contributed by atoms with Gasteiger partial charge >= 0.3 is 5.97 Å². The molecule has 0 bridgehead atoms. The molecule has 0 aromatic heterocycles. The number of hydrogen-bond acceptors (Lipinski definition) is 5. The van der Waals surface area contributed by atoms with Gasteiger partial charge in [0.25, 0.3) is 5.91 Å². The van der Waals surface area contributed by atoms with Crippen LogP contribution in [-0.2, 0) is 23.9 Å². The summed E-state index contributed by atoms with van der Waals surface area (Å²) in [7, 11) is 0. The number of likely N-dealkylation sites (tertiary alicyclic amines) is 1. The Morgan fingerprint density at radius 1 is 1.17 bits per heavy atom. The average molecular weight is 324 g/mol. The summed E-state index contributed by atoms with van der Waals surface area (Å²) >= 11 is 0. The molecule has 23 heavy (non-hydrogen) atoms. The van der Waals surface area contributed by atoms with Gasteiger partial charge in [-0.2, -0.15) is 0 Å². The van der Waals surface area contributed by atoms with Crippen LogP contribution in [0.3, 0.4) is 0 Å². The van der Waals surface area contributed by atoms with Gasteiger partial charge in [0.15, 0.2) is 6.61 Å². The van der Waals surface area contributed by atoms with Crippen LogP contribution >= 0.6 is 0 Å². The number of amides is 3. The van der Waals surface area contributed by atoms with Crippen LogP contribution in [-0.4, -0.2) is 48.3 Å². The fourth-order valence-corrected chi connectivity index (χ4v) is 3.08. The zero-order valence-electron chi connectivity index (χ0n) is 13.7. The van der Waals surface area contributed by atoms with Crippen molar-refractivity contribution in [3.63, 3.8) is 0 Å². The summed E-state index contributed by atoms with van der Waals surface area (Å²) in [6, 6.07) is 0. The summed E-state index contributed by atoms with van der Waals surface area (Å²) in [6.45, 7) is 3.62. The summed E-state index contributed by atoms with van der Waals surface area (Å²) < 4.78 is 4.85. The first kappa shape index (κ1) is 17.4. The van der Waals surface area contributed by atoms with Gasteiger partial charge in [-0.1, -0.05) is 26.7 Å². The lowest BCUT2D eigenvalue weighted by Gasteiger charge is -2.19. The van der Waals surface area contributed by atoms with Crippen molar-refractivity contribution in [1.82, 2.24) is 10.2 Å². The Kier molecular flexibility index (Phi) is 5.74. The van der Waals surface area contributed by atoms with Crippen molar-refractivity contribution in [1.29, 1.82) is 0 Å². The number of carbonyl (C=O) groups is 4. The highest BCUT2D eigenvalue weighted by Gasteiger charge is 2.48. The molecule has 0 radical (unpaired) electrons. The van der Waals surface area contributed by atoms with Crippen molar-refractivity contribution >= 4 is 23.7 Å².